The molecular formula is C10H12N2O. The van der Waals surface area contributed by atoms with Crippen molar-refractivity contribution >= 4 is 12.6 Å². The Balaban J connectivity index is 2.63. The zero-order valence-corrected chi connectivity index (χ0v) is 7.31. The topological polar surface area (TPSA) is 55.4 Å². The molecule has 0 bridgehead atoms. The first-order valence-corrected chi connectivity index (χ1v) is 4.08. The van der Waals surface area contributed by atoms with Crippen LogP contribution in [0.1, 0.15) is 11.1 Å². The minimum absolute atomic E-state index is 0.473. The van der Waals surface area contributed by atoms with Crippen molar-refractivity contribution in [2.45, 2.75) is 13.0 Å². The van der Waals surface area contributed by atoms with Gasteiger partial charge in [-0.15, -0.1) is 0 Å². The van der Waals surface area contributed by atoms with Crippen molar-refractivity contribution in [1.29, 1.82) is 0 Å². The summed E-state index contributed by atoms with van der Waals surface area (Å²) in [6.45, 7) is 0.595. The fraction of sp³-hybridized carbons (Fsp3) is 0.200. The van der Waals surface area contributed by atoms with E-state index in [1.807, 2.05) is 24.3 Å². The zero-order chi connectivity index (χ0) is 9.52. The van der Waals surface area contributed by atoms with Crippen molar-refractivity contribution < 1.29 is 4.79 Å². The Kier molecular flexibility index (Phi) is 3.70. The summed E-state index contributed by atoms with van der Waals surface area (Å²) < 4.78 is 0. The summed E-state index contributed by atoms with van der Waals surface area (Å²) >= 11 is 0. The number of hydrogen-bond acceptors (Lipinski definition) is 2. The van der Waals surface area contributed by atoms with Crippen LogP contribution in [-0.4, -0.2) is 12.6 Å². The zero-order valence-electron chi connectivity index (χ0n) is 7.31. The van der Waals surface area contributed by atoms with Gasteiger partial charge in [-0.3, -0.25) is 4.99 Å². The number of nitrogens with zero attached hydrogens (tertiary/aromatic N) is 1. The first-order chi connectivity index (χ1) is 6.36. The van der Waals surface area contributed by atoms with E-state index in [-0.39, 0.29) is 0 Å². The van der Waals surface area contributed by atoms with E-state index in [2.05, 4.69) is 4.99 Å². The van der Waals surface area contributed by atoms with Crippen LogP contribution in [-0.2, 0) is 17.8 Å². The van der Waals surface area contributed by atoms with E-state index in [1.165, 1.54) is 6.34 Å². The second kappa shape index (κ2) is 5.09. The van der Waals surface area contributed by atoms with E-state index in [0.29, 0.717) is 13.0 Å². The van der Waals surface area contributed by atoms with Crippen LogP contribution in [0.15, 0.2) is 29.3 Å². The normalized spacial score (nSPS) is 10.5. The number of hydrogen-bond donors (Lipinski definition) is 1. The summed E-state index contributed by atoms with van der Waals surface area (Å²) in [5.41, 5.74) is 7.23. The molecule has 0 fully saturated rings. The quantitative estimate of drug-likeness (QED) is 0.421. The maximum atomic E-state index is 10.2. The van der Waals surface area contributed by atoms with Gasteiger partial charge in [-0.05, 0) is 11.1 Å². The summed E-state index contributed by atoms with van der Waals surface area (Å²) in [6.07, 6.45) is 2.66. The summed E-state index contributed by atoms with van der Waals surface area (Å²) in [7, 11) is 0. The Hall–Kier alpha value is -1.64. The molecule has 13 heavy (non-hydrogen) atoms. The Labute approximate surface area is 77.3 Å². The lowest BCUT2D eigenvalue weighted by atomic mass is 10.1. The first kappa shape index (κ1) is 9.45. The van der Waals surface area contributed by atoms with E-state index >= 15 is 0 Å². The first-order valence-electron chi connectivity index (χ1n) is 4.08. The van der Waals surface area contributed by atoms with Gasteiger partial charge in [0.25, 0.3) is 0 Å². The van der Waals surface area contributed by atoms with Crippen LogP contribution in [0, 0.1) is 0 Å². The molecule has 0 saturated heterocycles. The monoisotopic (exact) mass is 176 g/mol. The van der Waals surface area contributed by atoms with E-state index in [4.69, 9.17) is 5.73 Å². The summed E-state index contributed by atoms with van der Waals surface area (Å²) in [6, 6.07) is 7.75. The van der Waals surface area contributed by atoms with Crippen LogP contribution in [0.25, 0.3) is 0 Å². The van der Waals surface area contributed by atoms with Crippen LogP contribution in [0.5, 0.6) is 0 Å². The Morgan fingerprint density at radius 1 is 1.23 bits per heavy atom. The molecular weight excluding hydrogens is 164 g/mol. The molecule has 0 saturated carbocycles. The average Bonchev–Trinajstić information content (AvgIpc) is 2.17. The Morgan fingerprint density at radius 3 is 2.38 bits per heavy atom. The van der Waals surface area contributed by atoms with Gasteiger partial charge in [0.1, 0.15) is 6.29 Å². The van der Waals surface area contributed by atoms with Crippen molar-refractivity contribution in [3.05, 3.63) is 35.4 Å². The largest absolute Gasteiger partial charge is 0.390 e. The summed E-state index contributed by atoms with van der Waals surface area (Å²) in [4.78, 5) is 14.1. The molecule has 0 aliphatic rings. The van der Waals surface area contributed by atoms with Gasteiger partial charge in [0.15, 0.2) is 0 Å². The standard InChI is InChI=1S/C10H12N2O/c11-8-12-7-10-3-1-9(2-4-10)5-6-13/h1-4,6,8H,5,7H2,(H2,11,12). The van der Waals surface area contributed by atoms with Crippen molar-refractivity contribution in [1.82, 2.24) is 0 Å². The van der Waals surface area contributed by atoms with Crippen LogP contribution < -0.4 is 5.73 Å². The molecule has 1 rings (SSSR count). The molecule has 3 heteroatoms. The number of aliphatic imine (C=N–C) groups is 1. The molecule has 0 spiro atoms. The fourth-order valence-electron chi connectivity index (χ4n) is 1.04. The average molecular weight is 176 g/mol. The predicted molar refractivity (Wildman–Crippen MR) is 52.6 cm³/mol. The molecule has 0 aliphatic heterocycles. The highest BCUT2D eigenvalue weighted by atomic mass is 16.1. The molecule has 0 unspecified atom stereocenters. The molecule has 1 aromatic carbocycles. The molecule has 0 heterocycles. The third-order valence-electron chi connectivity index (χ3n) is 1.72. The van der Waals surface area contributed by atoms with Gasteiger partial charge in [-0.25, -0.2) is 0 Å². The van der Waals surface area contributed by atoms with Gasteiger partial charge in [-0.1, -0.05) is 24.3 Å². The molecule has 3 nitrogen and oxygen atoms in total. The van der Waals surface area contributed by atoms with Crippen molar-refractivity contribution in [2.24, 2.45) is 10.7 Å². The van der Waals surface area contributed by atoms with E-state index in [0.717, 1.165) is 17.4 Å². The number of nitrogens with two attached hydrogens (primary N) is 1. The van der Waals surface area contributed by atoms with Crippen LogP contribution in [0.4, 0.5) is 0 Å². The molecule has 0 aliphatic carbocycles. The van der Waals surface area contributed by atoms with Gasteiger partial charge >= 0.3 is 0 Å². The molecule has 0 radical (unpaired) electrons. The third kappa shape index (κ3) is 3.07. The number of rotatable bonds is 4. The Morgan fingerprint density at radius 2 is 1.85 bits per heavy atom. The maximum absolute atomic E-state index is 10.2. The molecule has 2 N–H and O–H groups in total. The molecule has 1 aromatic rings. The van der Waals surface area contributed by atoms with E-state index in [1.54, 1.807) is 0 Å². The molecule has 68 valence electrons. The van der Waals surface area contributed by atoms with Crippen molar-refractivity contribution in [2.75, 3.05) is 0 Å². The maximum Gasteiger partial charge on any atom is 0.124 e. The summed E-state index contributed by atoms with van der Waals surface area (Å²) in [5, 5.41) is 0. The predicted octanol–water partition coefficient (Wildman–Crippen LogP) is 0.915. The van der Waals surface area contributed by atoms with Crippen molar-refractivity contribution in [3.63, 3.8) is 0 Å². The lowest BCUT2D eigenvalue weighted by Crippen LogP contribution is -1.91. The lowest BCUT2D eigenvalue weighted by Gasteiger charge is -1.97. The van der Waals surface area contributed by atoms with E-state index in [9.17, 15) is 4.79 Å². The lowest BCUT2D eigenvalue weighted by molar-refractivity contribution is -0.107. The highest BCUT2D eigenvalue weighted by Gasteiger charge is 1.92. The smallest absolute Gasteiger partial charge is 0.124 e. The summed E-state index contributed by atoms with van der Waals surface area (Å²) in [5.74, 6) is 0. The molecule has 0 aromatic heterocycles. The second-order valence-electron chi connectivity index (χ2n) is 2.68. The van der Waals surface area contributed by atoms with Gasteiger partial charge < -0.3 is 10.5 Å². The van der Waals surface area contributed by atoms with Gasteiger partial charge in [0.2, 0.25) is 0 Å². The fourth-order valence-corrected chi connectivity index (χ4v) is 1.04. The SMILES string of the molecule is NC=NCc1ccc(CC=O)cc1. The minimum atomic E-state index is 0.473. The number of carbonyl (C=O) groups is 1. The number of carbonyl (C=O) groups excluding carboxylic acids is 1. The third-order valence-corrected chi connectivity index (χ3v) is 1.72. The Bertz CT molecular complexity index is 290. The molecule has 0 atom stereocenters. The van der Waals surface area contributed by atoms with Gasteiger partial charge in [0, 0.05) is 6.42 Å². The molecule has 0 amide bonds. The van der Waals surface area contributed by atoms with Crippen LogP contribution in [0.3, 0.4) is 0 Å². The van der Waals surface area contributed by atoms with Crippen LogP contribution in [0.2, 0.25) is 0 Å². The van der Waals surface area contributed by atoms with Crippen molar-refractivity contribution in [3.8, 4) is 0 Å². The van der Waals surface area contributed by atoms with E-state index < -0.39 is 0 Å². The highest BCUT2D eigenvalue weighted by Crippen LogP contribution is 2.05. The van der Waals surface area contributed by atoms with Gasteiger partial charge in [-0.2, -0.15) is 0 Å². The highest BCUT2D eigenvalue weighted by molar-refractivity contribution is 5.55. The second-order valence-corrected chi connectivity index (χ2v) is 2.68. The van der Waals surface area contributed by atoms with Gasteiger partial charge in [0.05, 0.1) is 12.9 Å². The minimum Gasteiger partial charge on any atom is -0.390 e. The number of benzene rings is 1. The van der Waals surface area contributed by atoms with Crippen LogP contribution >= 0.6 is 0 Å². The number of aldehydes is 1.